The van der Waals surface area contributed by atoms with Crippen LogP contribution in [0.1, 0.15) is 55.4 Å². The van der Waals surface area contributed by atoms with E-state index in [1.165, 1.54) is 0 Å². The lowest BCUT2D eigenvalue weighted by Crippen LogP contribution is -2.12. The molecule has 0 saturated carbocycles. The molecule has 0 aliphatic carbocycles. The first-order valence-corrected chi connectivity index (χ1v) is 6.06. The first kappa shape index (κ1) is 12.9. The summed E-state index contributed by atoms with van der Waals surface area (Å²) in [5.41, 5.74) is 2.67. The van der Waals surface area contributed by atoms with Gasteiger partial charge in [0.15, 0.2) is 5.78 Å². The van der Waals surface area contributed by atoms with Crippen LogP contribution in [-0.2, 0) is 6.54 Å². The Kier molecular flexibility index (Phi) is 4.27. The summed E-state index contributed by atoms with van der Waals surface area (Å²) < 4.78 is 1.99. The van der Waals surface area contributed by atoms with Crippen molar-refractivity contribution in [3.05, 3.63) is 17.0 Å². The number of carbonyl (C=O) groups excluding carboxylic acids is 1. The number of rotatable bonds is 5. The molecule has 1 heterocycles. The molecule has 0 saturated heterocycles. The van der Waals surface area contributed by atoms with Crippen LogP contribution < -0.4 is 0 Å². The average molecular weight is 222 g/mol. The largest absolute Gasteiger partial charge is 0.294 e. The zero-order valence-electron chi connectivity index (χ0n) is 11.0. The third-order valence-electron chi connectivity index (χ3n) is 3.32. The minimum atomic E-state index is 0.116. The highest BCUT2D eigenvalue weighted by Gasteiger charge is 2.16. The van der Waals surface area contributed by atoms with Crippen molar-refractivity contribution in [3.8, 4) is 0 Å². The molecule has 3 heteroatoms. The van der Waals surface area contributed by atoms with E-state index in [0.717, 1.165) is 36.3 Å². The number of ketones is 1. The fraction of sp³-hybridized carbons (Fsp3) is 0.692. The van der Waals surface area contributed by atoms with Crippen molar-refractivity contribution in [2.45, 2.75) is 54.0 Å². The number of hydrogen-bond donors (Lipinski definition) is 0. The van der Waals surface area contributed by atoms with Gasteiger partial charge in [0.1, 0.15) is 0 Å². The van der Waals surface area contributed by atoms with Crippen LogP contribution in [0.4, 0.5) is 0 Å². The Morgan fingerprint density at radius 2 is 1.88 bits per heavy atom. The fourth-order valence-corrected chi connectivity index (χ4v) is 2.18. The monoisotopic (exact) mass is 222 g/mol. The summed E-state index contributed by atoms with van der Waals surface area (Å²) in [7, 11) is 0. The Hall–Kier alpha value is -1.12. The van der Waals surface area contributed by atoms with Gasteiger partial charge in [-0.1, -0.05) is 26.7 Å². The number of aryl methyl sites for hydroxylation is 1. The van der Waals surface area contributed by atoms with E-state index >= 15 is 0 Å². The number of nitrogens with zero attached hydrogens (tertiary/aromatic N) is 2. The first-order chi connectivity index (χ1) is 7.51. The van der Waals surface area contributed by atoms with Gasteiger partial charge in [0.2, 0.25) is 0 Å². The number of carbonyl (C=O) groups is 1. The Morgan fingerprint density at radius 3 is 2.25 bits per heavy atom. The van der Waals surface area contributed by atoms with E-state index in [-0.39, 0.29) is 5.78 Å². The summed E-state index contributed by atoms with van der Waals surface area (Å²) in [6.07, 6.45) is 2.31. The molecule has 0 atom stereocenters. The van der Waals surface area contributed by atoms with Crippen LogP contribution in [0.2, 0.25) is 0 Å². The van der Waals surface area contributed by atoms with Gasteiger partial charge < -0.3 is 0 Å². The van der Waals surface area contributed by atoms with E-state index in [0.29, 0.717) is 5.92 Å². The van der Waals surface area contributed by atoms with E-state index in [2.05, 4.69) is 18.9 Å². The molecule has 3 nitrogen and oxygen atoms in total. The molecule has 0 fully saturated rings. The van der Waals surface area contributed by atoms with E-state index in [1.54, 1.807) is 6.92 Å². The summed E-state index contributed by atoms with van der Waals surface area (Å²) >= 11 is 0. The van der Waals surface area contributed by atoms with Crippen LogP contribution in [-0.4, -0.2) is 15.6 Å². The molecule has 16 heavy (non-hydrogen) atoms. The molecule has 0 amide bonds. The van der Waals surface area contributed by atoms with Crippen molar-refractivity contribution in [1.29, 1.82) is 0 Å². The third kappa shape index (κ3) is 2.52. The molecule has 0 aliphatic heterocycles. The second-order valence-electron chi connectivity index (χ2n) is 4.47. The summed E-state index contributed by atoms with van der Waals surface area (Å²) in [6, 6.07) is 0. The Labute approximate surface area is 97.8 Å². The van der Waals surface area contributed by atoms with Gasteiger partial charge in [0, 0.05) is 12.2 Å². The van der Waals surface area contributed by atoms with Gasteiger partial charge in [-0.2, -0.15) is 5.10 Å². The zero-order valence-corrected chi connectivity index (χ0v) is 11.0. The molecule has 1 aromatic heterocycles. The molecule has 0 aliphatic rings. The molecule has 0 N–H and O–H groups in total. The molecule has 0 unspecified atom stereocenters. The van der Waals surface area contributed by atoms with Crippen LogP contribution in [0.15, 0.2) is 0 Å². The zero-order chi connectivity index (χ0) is 12.3. The maximum atomic E-state index is 11.5. The SMILES string of the molecule is CCC(CC)Cn1nc(C)c(C(C)=O)c1C. The summed E-state index contributed by atoms with van der Waals surface area (Å²) in [4.78, 5) is 11.5. The molecule has 1 aromatic rings. The molecule has 0 radical (unpaired) electrons. The summed E-state index contributed by atoms with van der Waals surface area (Å²) in [5, 5.41) is 4.46. The molecule has 1 rings (SSSR count). The van der Waals surface area contributed by atoms with Crippen molar-refractivity contribution in [2.24, 2.45) is 5.92 Å². The highest BCUT2D eigenvalue weighted by Crippen LogP contribution is 2.17. The average Bonchev–Trinajstić information content (AvgIpc) is 2.50. The van der Waals surface area contributed by atoms with Gasteiger partial charge in [-0.3, -0.25) is 9.48 Å². The number of aromatic nitrogens is 2. The number of Topliss-reactive ketones (excluding diaryl/α,β-unsaturated/α-hetero) is 1. The molecule has 90 valence electrons. The lowest BCUT2D eigenvalue weighted by Gasteiger charge is -2.13. The van der Waals surface area contributed by atoms with E-state index in [1.807, 2.05) is 18.5 Å². The minimum Gasteiger partial charge on any atom is -0.294 e. The van der Waals surface area contributed by atoms with Crippen molar-refractivity contribution < 1.29 is 4.79 Å². The highest BCUT2D eigenvalue weighted by molar-refractivity contribution is 5.96. The van der Waals surface area contributed by atoms with Gasteiger partial charge in [-0.25, -0.2) is 0 Å². The van der Waals surface area contributed by atoms with E-state index < -0.39 is 0 Å². The molecular weight excluding hydrogens is 200 g/mol. The lowest BCUT2D eigenvalue weighted by molar-refractivity contribution is 0.101. The lowest BCUT2D eigenvalue weighted by atomic mass is 10.0. The van der Waals surface area contributed by atoms with Crippen LogP contribution in [0.5, 0.6) is 0 Å². The van der Waals surface area contributed by atoms with Gasteiger partial charge in [-0.05, 0) is 26.7 Å². The predicted molar refractivity (Wildman–Crippen MR) is 65.8 cm³/mol. The summed E-state index contributed by atoms with van der Waals surface area (Å²) in [6.45, 7) is 10.8. The topological polar surface area (TPSA) is 34.9 Å². The van der Waals surface area contributed by atoms with E-state index in [9.17, 15) is 4.79 Å². The second-order valence-corrected chi connectivity index (χ2v) is 4.47. The van der Waals surface area contributed by atoms with Gasteiger partial charge in [0.05, 0.1) is 11.3 Å². The minimum absolute atomic E-state index is 0.116. The quantitative estimate of drug-likeness (QED) is 0.717. The smallest absolute Gasteiger partial charge is 0.163 e. The van der Waals surface area contributed by atoms with Crippen molar-refractivity contribution >= 4 is 5.78 Å². The normalized spacial score (nSPS) is 11.1. The van der Waals surface area contributed by atoms with Crippen LogP contribution in [0.3, 0.4) is 0 Å². The Balaban J connectivity index is 2.98. The van der Waals surface area contributed by atoms with Crippen molar-refractivity contribution in [1.82, 2.24) is 9.78 Å². The second kappa shape index (κ2) is 5.28. The van der Waals surface area contributed by atoms with Gasteiger partial charge in [-0.15, -0.1) is 0 Å². The molecule has 0 bridgehead atoms. The Bertz CT molecular complexity index is 376. The van der Waals surface area contributed by atoms with Crippen LogP contribution in [0.25, 0.3) is 0 Å². The van der Waals surface area contributed by atoms with Crippen LogP contribution in [0, 0.1) is 19.8 Å². The van der Waals surface area contributed by atoms with Crippen molar-refractivity contribution in [2.75, 3.05) is 0 Å². The third-order valence-corrected chi connectivity index (χ3v) is 3.32. The standard InChI is InChI=1S/C13H22N2O/c1-6-12(7-2)8-15-10(4)13(11(5)16)9(3)14-15/h12H,6-8H2,1-5H3. The first-order valence-electron chi connectivity index (χ1n) is 6.06. The maximum absolute atomic E-state index is 11.5. The molecular formula is C13H22N2O. The van der Waals surface area contributed by atoms with Gasteiger partial charge in [0.25, 0.3) is 0 Å². The summed E-state index contributed by atoms with van der Waals surface area (Å²) in [5.74, 6) is 0.767. The maximum Gasteiger partial charge on any atom is 0.163 e. The van der Waals surface area contributed by atoms with Crippen LogP contribution >= 0.6 is 0 Å². The molecule has 0 aromatic carbocycles. The van der Waals surface area contributed by atoms with Crippen molar-refractivity contribution in [3.63, 3.8) is 0 Å². The predicted octanol–water partition coefficient (Wildman–Crippen LogP) is 3.14. The number of hydrogen-bond acceptors (Lipinski definition) is 2. The fourth-order valence-electron chi connectivity index (χ4n) is 2.18. The Morgan fingerprint density at radius 1 is 1.31 bits per heavy atom. The van der Waals surface area contributed by atoms with Gasteiger partial charge >= 0.3 is 0 Å². The van der Waals surface area contributed by atoms with E-state index in [4.69, 9.17) is 0 Å². The highest BCUT2D eigenvalue weighted by atomic mass is 16.1. The molecule has 0 spiro atoms.